The third-order valence-electron chi connectivity index (χ3n) is 5.48. The van der Waals surface area contributed by atoms with E-state index in [2.05, 4.69) is 16.0 Å². The van der Waals surface area contributed by atoms with Gasteiger partial charge in [0, 0.05) is 4.88 Å². The number of carboxylic acids is 1. The van der Waals surface area contributed by atoms with E-state index >= 15 is 0 Å². The van der Waals surface area contributed by atoms with Crippen molar-refractivity contribution in [2.24, 2.45) is 11.7 Å². The number of hydrogen-bond acceptors (Lipinski definition) is 5. The molecular formula is C21H34N4O4S. The lowest BCUT2D eigenvalue weighted by molar-refractivity contribution is -0.139. The van der Waals surface area contributed by atoms with Crippen molar-refractivity contribution in [2.45, 2.75) is 76.4 Å². The van der Waals surface area contributed by atoms with E-state index in [-0.39, 0.29) is 5.91 Å². The minimum absolute atomic E-state index is 0.237. The number of aliphatic carboxylic acids is 1. The van der Waals surface area contributed by atoms with Crippen molar-refractivity contribution in [3.05, 3.63) is 22.4 Å². The van der Waals surface area contributed by atoms with Crippen molar-refractivity contribution < 1.29 is 19.5 Å². The van der Waals surface area contributed by atoms with Crippen molar-refractivity contribution >= 4 is 29.2 Å². The number of carbonyl (C=O) groups excluding carboxylic acids is 2. The predicted molar refractivity (Wildman–Crippen MR) is 117 cm³/mol. The molecule has 30 heavy (non-hydrogen) atoms. The van der Waals surface area contributed by atoms with E-state index < -0.39 is 24.1 Å². The summed E-state index contributed by atoms with van der Waals surface area (Å²) in [6, 6.07) is 1.56. The average Bonchev–Trinajstić information content (AvgIpc) is 3.25. The van der Waals surface area contributed by atoms with Gasteiger partial charge in [-0.2, -0.15) is 0 Å². The van der Waals surface area contributed by atoms with Gasteiger partial charge in [-0.15, -0.1) is 11.3 Å². The summed E-state index contributed by atoms with van der Waals surface area (Å²) >= 11 is 1.56. The van der Waals surface area contributed by atoms with Crippen LogP contribution in [0.5, 0.6) is 0 Å². The molecule has 1 heterocycles. The van der Waals surface area contributed by atoms with Crippen LogP contribution in [-0.4, -0.2) is 41.6 Å². The Labute approximate surface area is 182 Å². The molecule has 1 fully saturated rings. The zero-order chi connectivity index (χ0) is 21.8. The molecule has 2 rings (SSSR count). The van der Waals surface area contributed by atoms with Gasteiger partial charge in [0.25, 0.3) is 0 Å². The van der Waals surface area contributed by atoms with Gasteiger partial charge in [0.05, 0.1) is 6.54 Å². The zero-order valence-electron chi connectivity index (χ0n) is 17.4. The van der Waals surface area contributed by atoms with Crippen LogP contribution in [0, 0.1) is 5.92 Å². The Hall–Kier alpha value is -2.13. The molecule has 1 saturated carbocycles. The first-order valence-electron chi connectivity index (χ1n) is 10.8. The van der Waals surface area contributed by atoms with E-state index in [1.165, 1.54) is 6.42 Å². The van der Waals surface area contributed by atoms with E-state index in [4.69, 9.17) is 5.73 Å². The number of nitrogens with two attached hydrogens (primary N) is 1. The van der Waals surface area contributed by atoms with Crippen LogP contribution in [0.25, 0.3) is 0 Å². The summed E-state index contributed by atoms with van der Waals surface area (Å²) in [7, 11) is 0. The van der Waals surface area contributed by atoms with Gasteiger partial charge >= 0.3 is 12.0 Å². The third kappa shape index (κ3) is 8.71. The second kappa shape index (κ2) is 13.2. The smallest absolute Gasteiger partial charge is 0.326 e. The predicted octanol–water partition coefficient (Wildman–Crippen LogP) is 2.58. The molecule has 1 aromatic heterocycles. The van der Waals surface area contributed by atoms with Gasteiger partial charge in [-0.1, -0.05) is 38.2 Å². The van der Waals surface area contributed by atoms with Crippen molar-refractivity contribution in [1.82, 2.24) is 16.0 Å². The van der Waals surface area contributed by atoms with Gasteiger partial charge in [0.15, 0.2) is 0 Å². The van der Waals surface area contributed by atoms with Crippen LogP contribution in [-0.2, 0) is 16.1 Å². The number of unbranched alkanes of at least 4 members (excludes halogenated alkanes) is 1. The Balaban J connectivity index is 1.94. The fourth-order valence-electron chi connectivity index (χ4n) is 3.81. The van der Waals surface area contributed by atoms with Gasteiger partial charge in [0.2, 0.25) is 5.91 Å². The molecule has 0 saturated heterocycles. The summed E-state index contributed by atoms with van der Waals surface area (Å²) in [5.41, 5.74) is 5.45. The molecule has 1 aromatic rings. The molecule has 1 aliphatic carbocycles. The van der Waals surface area contributed by atoms with Crippen LogP contribution in [0.2, 0.25) is 0 Å². The highest BCUT2D eigenvalue weighted by Crippen LogP contribution is 2.27. The summed E-state index contributed by atoms with van der Waals surface area (Å²) in [6.45, 7) is 0.893. The quantitative estimate of drug-likeness (QED) is 0.320. The molecule has 6 N–H and O–H groups in total. The molecule has 8 nitrogen and oxygen atoms in total. The Morgan fingerprint density at radius 2 is 1.87 bits per heavy atom. The minimum Gasteiger partial charge on any atom is -0.480 e. The number of carboxylic acid groups (broad SMARTS) is 1. The minimum atomic E-state index is -1.09. The van der Waals surface area contributed by atoms with E-state index in [1.54, 1.807) is 11.3 Å². The first-order chi connectivity index (χ1) is 14.5. The van der Waals surface area contributed by atoms with Crippen LogP contribution >= 0.6 is 11.3 Å². The van der Waals surface area contributed by atoms with Crippen molar-refractivity contribution in [3.63, 3.8) is 0 Å². The maximum Gasteiger partial charge on any atom is 0.326 e. The highest BCUT2D eigenvalue weighted by atomic mass is 32.1. The van der Waals surface area contributed by atoms with Crippen LogP contribution < -0.4 is 21.7 Å². The number of carbonyl (C=O) groups is 3. The molecule has 1 unspecified atom stereocenters. The zero-order valence-corrected chi connectivity index (χ0v) is 18.2. The molecule has 0 spiro atoms. The summed E-state index contributed by atoms with van der Waals surface area (Å²) in [5, 5.41) is 19.4. The number of amides is 3. The first kappa shape index (κ1) is 24.1. The van der Waals surface area contributed by atoms with Gasteiger partial charge in [-0.25, -0.2) is 9.59 Å². The second-order valence-corrected chi connectivity index (χ2v) is 8.91. The maximum absolute atomic E-state index is 12.8. The fourth-order valence-corrected chi connectivity index (χ4v) is 4.45. The van der Waals surface area contributed by atoms with Crippen molar-refractivity contribution in [1.29, 1.82) is 0 Å². The van der Waals surface area contributed by atoms with E-state index in [0.29, 0.717) is 44.7 Å². The van der Waals surface area contributed by atoms with Crippen molar-refractivity contribution in [3.8, 4) is 0 Å². The molecule has 2 atom stereocenters. The largest absolute Gasteiger partial charge is 0.480 e. The lowest BCUT2D eigenvalue weighted by Crippen LogP contribution is -2.53. The first-order valence-corrected chi connectivity index (χ1v) is 11.7. The van der Waals surface area contributed by atoms with Gasteiger partial charge < -0.3 is 26.8 Å². The summed E-state index contributed by atoms with van der Waals surface area (Å²) < 4.78 is 0. The van der Waals surface area contributed by atoms with Gasteiger partial charge in [-0.05, 0) is 49.6 Å². The number of urea groups is 1. The van der Waals surface area contributed by atoms with Crippen LogP contribution in [0.1, 0.15) is 62.7 Å². The molecule has 9 heteroatoms. The summed E-state index contributed by atoms with van der Waals surface area (Å²) in [4.78, 5) is 37.8. The van der Waals surface area contributed by atoms with Crippen LogP contribution in [0.4, 0.5) is 4.79 Å². The Morgan fingerprint density at radius 1 is 1.13 bits per heavy atom. The third-order valence-corrected chi connectivity index (χ3v) is 6.36. The fraction of sp³-hybridized carbons (Fsp3) is 0.667. The van der Waals surface area contributed by atoms with E-state index in [9.17, 15) is 19.5 Å². The molecule has 0 aliphatic heterocycles. The van der Waals surface area contributed by atoms with Crippen LogP contribution in [0.15, 0.2) is 17.5 Å². The Bertz CT molecular complexity index is 662. The van der Waals surface area contributed by atoms with Crippen LogP contribution in [0.3, 0.4) is 0 Å². The average molecular weight is 439 g/mol. The lowest BCUT2D eigenvalue weighted by atomic mass is 9.84. The molecule has 0 radical (unpaired) electrons. The number of nitrogens with one attached hydrogen (secondary N) is 3. The number of thiophene rings is 1. The summed E-state index contributed by atoms with van der Waals surface area (Å²) in [6.07, 6.45) is 7.77. The normalized spacial score (nSPS) is 16.4. The molecule has 0 aromatic carbocycles. The number of rotatable bonds is 12. The Morgan fingerprint density at radius 3 is 2.50 bits per heavy atom. The second-order valence-electron chi connectivity index (χ2n) is 7.88. The standard InChI is InChI=1S/C21H34N4O4S/c22-11-5-4-10-17(20(27)28)24-21(29)25-18(13-15-7-2-1-3-8-15)19(26)23-14-16-9-6-12-30-16/h6,9,12,15,17-18H,1-5,7-8,10-11,13-14,22H2,(H,23,26)(H,27,28)(H2,24,25,29)/t17?,18-/m1/s1. The number of hydrogen-bond donors (Lipinski definition) is 5. The Kier molecular flexibility index (Phi) is 10.6. The van der Waals surface area contributed by atoms with E-state index in [0.717, 1.165) is 30.6 Å². The maximum atomic E-state index is 12.8. The molecular weight excluding hydrogens is 404 g/mol. The highest BCUT2D eigenvalue weighted by Gasteiger charge is 2.27. The summed E-state index contributed by atoms with van der Waals surface area (Å²) in [5.74, 6) is -0.941. The monoisotopic (exact) mass is 438 g/mol. The van der Waals surface area contributed by atoms with Gasteiger partial charge in [0.1, 0.15) is 12.1 Å². The molecule has 168 valence electrons. The molecule has 0 bridgehead atoms. The SMILES string of the molecule is NCCCCC(NC(=O)N[C@H](CC1CCCCC1)C(=O)NCc1cccs1)C(=O)O. The van der Waals surface area contributed by atoms with Crippen molar-refractivity contribution in [2.75, 3.05) is 6.54 Å². The lowest BCUT2D eigenvalue weighted by Gasteiger charge is -2.27. The highest BCUT2D eigenvalue weighted by molar-refractivity contribution is 7.09. The van der Waals surface area contributed by atoms with E-state index in [1.807, 2.05) is 17.5 Å². The molecule has 3 amide bonds. The molecule has 1 aliphatic rings. The topological polar surface area (TPSA) is 134 Å². The van der Waals surface area contributed by atoms with Gasteiger partial charge in [-0.3, -0.25) is 4.79 Å².